The number of amidine groups is 2. The molecule has 0 N–H and O–H groups in total. The summed E-state index contributed by atoms with van der Waals surface area (Å²) in [5, 5.41) is 0. The van der Waals surface area contributed by atoms with Gasteiger partial charge < -0.3 is 0 Å². The van der Waals surface area contributed by atoms with Gasteiger partial charge in [-0.2, -0.15) is 0 Å². The predicted molar refractivity (Wildman–Crippen MR) is 108 cm³/mol. The molecular weight excluding hydrogens is 761 g/mol. The van der Waals surface area contributed by atoms with E-state index in [1.807, 2.05) is 0 Å². The van der Waals surface area contributed by atoms with Crippen molar-refractivity contribution < 1.29 is 86.3 Å². The van der Waals surface area contributed by atoms with Crippen LogP contribution in [0.5, 0.6) is 0 Å². The van der Waals surface area contributed by atoms with Crippen LogP contribution in [0.25, 0.3) is 0 Å². The number of para-hydroxylation sites is 2. The van der Waals surface area contributed by atoms with Gasteiger partial charge in [0.2, 0.25) is 0 Å². The van der Waals surface area contributed by atoms with Crippen molar-refractivity contribution in [2.75, 3.05) is 2.66 Å². The van der Waals surface area contributed by atoms with Crippen molar-refractivity contribution in [2.45, 2.75) is 40.5 Å². The zero-order valence-corrected chi connectivity index (χ0v) is 24.6. The third-order valence-corrected chi connectivity index (χ3v) is 9.95. The van der Waals surface area contributed by atoms with E-state index in [9.17, 15) is 61.5 Å². The Morgan fingerprint density at radius 1 is 0.615 bits per heavy atom. The quantitative estimate of drug-likeness (QED) is 0.121. The van der Waals surface area contributed by atoms with Crippen molar-refractivity contribution >= 4 is 23.0 Å². The number of anilines is 1. The first kappa shape index (κ1) is 32.7. The number of nitrogens with zero attached hydrogens (tertiary/aromatic N) is 3. The summed E-state index contributed by atoms with van der Waals surface area (Å²) in [7, 11) is 0. The van der Waals surface area contributed by atoms with Crippen molar-refractivity contribution in [3.8, 4) is 0 Å². The number of benzene rings is 2. The second-order valence-corrected chi connectivity index (χ2v) is 12.5. The molecule has 0 bridgehead atoms. The van der Waals surface area contributed by atoms with Gasteiger partial charge in [-0.05, 0) is 0 Å². The molecule has 0 aliphatic carbocycles. The maximum atomic E-state index is 15.0. The Labute approximate surface area is 223 Å². The minimum absolute atomic E-state index is 0.0297. The number of alkyl halides is 14. The Kier molecular flexibility index (Phi) is 9.40. The molecule has 39 heavy (non-hydrogen) atoms. The van der Waals surface area contributed by atoms with E-state index >= 15 is 0 Å². The molecule has 0 amide bonds. The van der Waals surface area contributed by atoms with Gasteiger partial charge in [0.15, 0.2) is 0 Å². The third-order valence-electron chi connectivity index (χ3n) is 4.91. The normalized spacial score (nSPS) is 14.7. The topological polar surface area (TPSA) is 28.0 Å². The van der Waals surface area contributed by atoms with Gasteiger partial charge in [-0.25, -0.2) is 0 Å². The first-order valence-electron chi connectivity index (χ1n) is 10.3. The van der Waals surface area contributed by atoms with Crippen LogP contribution < -0.4 is 2.66 Å². The molecule has 0 saturated carbocycles. The summed E-state index contributed by atoms with van der Waals surface area (Å²) in [4.78, 5) is 5.07. The number of hydrogen-bond donors (Lipinski definition) is 0. The van der Waals surface area contributed by atoms with Crippen LogP contribution in [0.2, 0.25) is 4.43 Å². The summed E-state index contributed by atoms with van der Waals surface area (Å²) in [6, 6.07) is 9.76. The molecular formula is C21H13F14HgN3. The Morgan fingerprint density at radius 2 is 1.03 bits per heavy atom. The van der Waals surface area contributed by atoms with Crippen molar-refractivity contribution in [1.29, 1.82) is 0 Å². The molecule has 0 aliphatic rings. The molecule has 0 spiro atoms. The summed E-state index contributed by atoms with van der Waals surface area (Å²) in [5.41, 5.74) is -1.46. The van der Waals surface area contributed by atoms with Crippen molar-refractivity contribution in [3.63, 3.8) is 0 Å². The zero-order valence-electron chi connectivity index (χ0n) is 19.1. The number of rotatable bonds is 7. The molecule has 0 heterocycles. The van der Waals surface area contributed by atoms with Gasteiger partial charge in [-0.3, -0.25) is 0 Å². The van der Waals surface area contributed by atoms with Crippen molar-refractivity contribution in [3.05, 3.63) is 60.7 Å². The van der Waals surface area contributed by atoms with Gasteiger partial charge in [-0.1, -0.05) is 0 Å². The molecule has 0 radical (unpaired) electrons. The zero-order chi connectivity index (χ0) is 30.1. The second kappa shape index (κ2) is 11.2. The Balaban J connectivity index is 3.04. The van der Waals surface area contributed by atoms with Crippen molar-refractivity contribution in [2.24, 2.45) is 9.98 Å². The molecule has 0 atom stereocenters. The average molecular weight is 774 g/mol. The van der Waals surface area contributed by atoms with E-state index in [1.54, 1.807) is 0 Å². The van der Waals surface area contributed by atoms with Gasteiger partial charge in [0.05, 0.1) is 0 Å². The Morgan fingerprint density at radius 3 is 1.44 bits per heavy atom. The van der Waals surface area contributed by atoms with E-state index in [1.165, 1.54) is 12.1 Å². The molecule has 0 aliphatic heterocycles. The molecule has 0 fully saturated rings. The summed E-state index contributed by atoms with van der Waals surface area (Å²) in [6.07, 6.45) is -14.1. The van der Waals surface area contributed by atoms with Crippen molar-refractivity contribution in [1.82, 2.24) is 0 Å². The van der Waals surface area contributed by atoms with Gasteiger partial charge >= 0.3 is 223 Å². The molecule has 212 valence electrons. The molecule has 3 nitrogen and oxygen atoms in total. The fourth-order valence-electron chi connectivity index (χ4n) is 2.89. The van der Waals surface area contributed by atoms with Crippen LogP contribution in [-0.4, -0.2) is 47.7 Å². The van der Waals surface area contributed by atoms with E-state index in [2.05, 4.69) is 9.98 Å². The van der Waals surface area contributed by atoms with Crippen LogP contribution in [0.15, 0.2) is 70.6 Å². The molecule has 0 saturated heterocycles. The van der Waals surface area contributed by atoms with Gasteiger partial charge in [0, 0.05) is 0 Å². The fourth-order valence-corrected chi connectivity index (χ4v) is 7.34. The summed E-state index contributed by atoms with van der Waals surface area (Å²) < 4.78 is 194. The summed E-state index contributed by atoms with van der Waals surface area (Å²) in [6.45, 7) is 0. The molecule has 2 rings (SSSR count). The SMILES string of the molecule is [CH3][Hg][N](C(=NC(=Nc1ccccc1)C(F)(F)C(F)(F)C(F)(F)F)C(F)(F)C(F)(F)C(F)(F)F)c1ccccc1. The van der Waals surface area contributed by atoms with Crippen LogP contribution in [0.4, 0.5) is 72.8 Å². The van der Waals surface area contributed by atoms with E-state index in [0.29, 0.717) is 12.1 Å². The fraction of sp³-hybridized carbons (Fsp3) is 0.333. The van der Waals surface area contributed by atoms with Crippen LogP contribution in [0.3, 0.4) is 0 Å². The van der Waals surface area contributed by atoms with Gasteiger partial charge in [0.25, 0.3) is 0 Å². The molecule has 2 aromatic rings. The Bertz CT molecular complexity index is 1180. The van der Waals surface area contributed by atoms with E-state index in [0.717, 1.165) is 40.8 Å². The summed E-state index contributed by atoms with van der Waals surface area (Å²) in [5.74, 6) is -33.2. The summed E-state index contributed by atoms with van der Waals surface area (Å²) >= 11 is -3.40. The van der Waals surface area contributed by atoms with E-state index in [-0.39, 0.29) is 2.66 Å². The van der Waals surface area contributed by atoms with Gasteiger partial charge in [-0.15, -0.1) is 0 Å². The van der Waals surface area contributed by atoms with E-state index in [4.69, 9.17) is 0 Å². The second-order valence-electron chi connectivity index (χ2n) is 7.58. The first-order valence-corrected chi connectivity index (χ1v) is 18.3. The molecule has 0 unspecified atom stereocenters. The molecule has 2 aromatic carbocycles. The monoisotopic (exact) mass is 775 g/mol. The van der Waals surface area contributed by atoms with Gasteiger partial charge in [0.1, 0.15) is 0 Å². The maximum absolute atomic E-state index is 15.0. The molecule has 0 aromatic heterocycles. The molecule has 18 heteroatoms. The number of halogens is 14. The van der Waals surface area contributed by atoms with Crippen LogP contribution >= 0.6 is 0 Å². The predicted octanol–water partition coefficient (Wildman–Crippen LogP) is 8.33. The third kappa shape index (κ3) is 6.32. The number of aliphatic imine (C=N–C) groups is 2. The standard InChI is InChI=1S/C20H10F14N3.CH3.Hg/c21-15(22,17(25,26)19(29,30)31)13(35-11-7-3-1-4-8-11)37-14(36-12-9-5-2-6-10-12)16(23,24)18(27,28)20(32,33)34;;/h1-10H;1H3;/q-1;;+1. The van der Waals surface area contributed by atoms with Crippen LogP contribution in [0, 0.1) is 0 Å². The Hall–Kier alpha value is -2.46. The average Bonchev–Trinajstić information content (AvgIpc) is 2.82. The van der Waals surface area contributed by atoms with Crippen LogP contribution in [-0.2, 0) is 24.9 Å². The number of hydrogen-bond acceptors (Lipinski definition) is 1. The van der Waals surface area contributed by atoms with E-state index < -0.39 is 84.0 Å². The minimum atomic E-state index is -7.07. The first-order chi connectivity index (χ1) is 17.6. The van der Waals surface area contributed by atoms with Crippen LogP contribution in [0.1, 0.15) is 0 Å².